The van der Waals surface area contributed by atoms with Gasteiger partial charge in [0.05, 0.1) is 18.4 Å². The summed E-state index contributed by atoms with van der Waals surface area (Å²) in [6.07, 6.45) is -0.940. The topological polar surface area (TPSA) is 191 Å². The molecule has 51 heavy (non-hydrogen) atoms. The quantitative estimate of drug-likeness (QED) is 0.0380. The van der Waals surface area contributed by atoms with Gasteiger partial charge in [-0.15, -0.1) is 0 Å². The Balaban J connectivity index is 1.64. The zero-order valence-electron chi connectivity index (χ0n) is 29.9. The van der Waals surface area contributed by atoms with Crippen LogP contribution in [0.5, 0.6) is 0 Å². The lowest BCUT2D eigenvalue weighted by molar-refractivity contribution is -0.144. The summed E-state index contributed by atoms with van der Waals surface area (Å²) in [6.45, 7) is 10.2. The zero-order valence-corrected chi connectivity index (χ0v) is 29.9. The summed E-state index contributed by atoms with van der Waals surface area (Å²) in [5.41, 5.74) is -1.18. The van der Waals surface area contributed by atoms with E-state index >= 15 is 0 Å². The number of esters is 1. The number of anilines is 1. The van der Waals surface area contributed by atoms with E-state index in [0.29, 0.717) is 18.4 Å². The van der Waals surface area contributed by atoms with E-state index in [-0.39, 0.29) is 30.2 Å². The second-order valence-corrected chi connectivity index (χ2v) is 13.4. The molecule has 14 heteroatoms. The number of unbranched alkanes of at least 4 members (excludes halogenated alkanes) is 1. The normalized spacial score (nSPS) is 11.7. The Morgan fingerprint density at radius 3 is 1.94 bits per heavy atom. The second-order valence-electron chi connectivity index (χ2n) is 13.4. The first-order chi connectivity index (χ1) is 24.0. The fourth-order valence-corrected chi connectivity index (χ4v) is 4.61. The van der Waals surface area contributed by atoms with Crippen LogP contribution in [0.15, 0.2) is 71.7 Å². The number of aliphatic imine (C=N–C) groups is 1. The molecule has 0 aromatic heterocycles. The number of hydrogen-bond acceptors (Lipinski definition) is 10. The third-order valence-electron chi connectivity index (χ3n) is 6.84. The van der Waals surface area contributed by atoms with Crippen LogP contribution in [-0.4, -0.2) is 72.6 Å². The lowest BCUT2D eigenvalue weighted by Gasteiger charge is -2.22. The number of guanidine groups is 1. The molecule has 0 spiro atoms. The van der Waals surface area contributed by atoms with Gasteiger partial charge >= 0.3 is 18.2 Å². The number of para-hydroxylation sites is 1. The van der Waals surface area contributed by atoms with Gasteiger partial charge in [0, 0.05) is 12.1 Å². The molecule has 0 fully saturated rings. The van der Waals surface area contributed by atoms with Crippen LogP contribution in [0.1, 0.15) is 81.5 Å². The third kappa shape index (κ3) is 13.2. The van der Waals surface area contributed by atoms with Gasteiger partial charge in [0.25, 0.3) is 17.6 Å². The van der Waals surface area contributed by atoms with Crippen molar-refractivity contribution in [3.05, 3.63) is 77.9 Å². The maximum absolute atomic E-state index is 13.3. The van der Waals surface area contributed by atoms with Crippen LogP contribution in [0.3, 0.4) is 0 Å². The van der Waals surface area contributed by atoms with Crippen LogP contribution >= 0.6 is 0 Å². The van der Waals surface area contributed by atoms with E-state index in [1.54, 1.807) is 65.8 Å². The van der Waals surface area contributed by atoms with E-state index in [2.05, 4.69) is 26.3 Å². The first-order valence-corrected chi connectivity index (χ1v) is 16.3. The van der Waals surface area contributed by atoms with E-state index < -0.39 is 53.0 Å². The molecule has 0 aliphatic carbocycles. The number of Topliss-reactive ketones (excluding diaryl/α,β-unsaturated/α-hetero) is 1. The Hall–Kier alpha value is -5.79. The molecule has 4 N–H and O–H groups in total. The molecule has 0 saturated heterocycles. The summed E-state index contributed by atoms with van der Waals surface area (Å²) in [5.74, 6) is -3.47. The molecular formula is C37H45N5O9. The second kappa shape index (κ2) is 17.7. The number of nitrogens with one attached hydrogen (secondary N) is 4. The van der Waals surface area contributed by atoms with E-state index in [4.69, 9.17) is 14.2 Å². The van der Waals surface area contributed by atoms with Crippen LogP contribution in [-0.2, 0) is 23.8 Å². The van der Waals surface area contributed by atoms with Crippen molar-refractivity contribution in [1.82, 2.24) is 16.0 Å². The number of nitrogens with zero attached hydrogens (tertiary/aromatic N) is 1. The fourth-order valence-electron chi connectivity index (χ4n) is 4.61. The fraction of sp³-hybridized carbons (Fsp3) is 0.378. The molecule has 0 unspecified atom stereocenters. The van der Waals surface area contributed by atoms with Crippen molar-refractivity contribution < 1.29 is 43.0 Å². The van der Waals surface area contributed by atoms with Crippen molar-refractivity contribution in [1.29, 1.82) is 0 Å². The average Bonchev–Trinajstić information content (AvgIpc) is 3.04. The van der Waals surface area contributed by atoms with Gasteiger partial charge in [0.15, 0.2) is 0 Å². The number of carbonyl (C=O) groups is 6. The van der Waals surface area contributed by atoms with Gasteiger partial charge in [-0.3, -0.25) is 30.0 Å². The first kappa shape index (κ1) is 39.6. The van der Waals surface area contributed by atoms with Crippen LogP contribution < -0.4 is 21.3 Å². The molecule has 0 radical (unpaired) electrons. The molecule has 3 rings (SSSR count). The number of hydrogen-bond donors (Lipinski definition) is 4. The number of benzene rings is 3. The first-order valence-electron chi connectivity index (χ1n) is 16.3. The van der Waals surface area contributed by atoms with Crippen LogP contribution in [0.4, 0.5) is 15.3 Å². The van der Waals surface area contributed by atoms with Crippen LogP contribution in [0, 0.1) is 0 Å². The highest BCUT2D eigenvalue weighted by molar-refractivity contribution is 6.44. The van der Waals surface area contributed by atoms with Crippen molar-refractivity contribution >= 4 is 58.2 Å². The molecule has 0 aliphatic heterocycles. The minimum Gasteiger partial charge on any atom is -0.467 e. The number of alkyl carbamates (subject to hydrolysis) is 2. The van der Waals surface area contributed by atoms with Crippen LogP contribution in [0.2, 0.25) is 0 Å². The lowest BCUT2D eigenvalue weighted by atomic mass is 10.0. The summed E-state index contributed by atoms with van der Waals surface area (Å²) < 4.78 is 15.3. The lowest BCUT2D eigenvalue weighted by Crippen LogP contribution is -2.47. The highest BCUT2D eigenvalue weighted by Gasteiger charge is 2.27. The van der Waals surface area contributed by atoms with E-state index in [1.807, 2.05) is 30.3 Å². The number of rotatable bonds is 11. The highest BCUT2D eigenvalue weighted by Crippen LogP contribution is 2.20. The smallest absolute Gasteiger partial charge is 0.414 e. The van der Waals surface area contributed by atoms with Crippen LogP contribution in [0.25, 0.3) is 10.8 Å². The number of ketones is 1. The maximum Gasteiger partial charge on any atom is 0.414 e. The molecule has 4 amide bonds. The molecule has 0 aliphatic rings. The maximum atomic E-state index is 13.3. The third-order valence-corrected chi connectivity index (χ3v) is 6.84. The summed E-state index contributed by atoms with van der Waals surface area (Å²) in [5, 5.41) is 11.7. The van der Waals surface area contributed by atoms with Crippen molar-refractivity contribution in [3.8, 4) is 0 Å². The molecule has 0 saturated carbocycles. The number of carbonyl (C=O) groups excluding carboxylic acids is 6. The van der Waals surface area contributed by atoms with Crippen molar-refractivity contribution in [2.24, 2.45) is 4.99 Å². The van der Waals surface area contributed by atoms with Crippen molar-refractivity contribution in [2.75, 3.05) is 19.0 Å². The van der Waals surface area contributed by atoms with Gasteiger partial charge in [-0.05, 0) is 95.8 Å². The summed E-state index contributed by atoms with van der Waals surface area (Å²) in [4.78, 5) is 80.9. The molecular weight excluding hydrogens is 658 g/mol. The SMILES string of the molecule is COC(=O)[C@H](CCCCN=C(NC(=O)OC(C)(C)C)NC(=O)OC(C)(C)C)NC(=O)C(=O)c1ccccc1NC(=O)c1ccc2ccccc2c1. The van der Waals surface area contributed by atoms with Gasteiger partial charge in [-0.25, -0.2) is 14.4 Å². The largest absolute Gasteiger partial charge is 0.467 e. The van der Waals surface area contributed by atoms with Gasteiger partial charge in [-0.1, -0.05) is 42.5 Å². The van der Waals surface area contributed by atoms with E-state index in [0.717, 1.165) is 17.9 Å². The molecule has 3 aromatic rings. The Bertz CT molecular complexity index is 1760. The minimum absolute atomic E-state index is 0.0652. The number of ether oxygens (including phenoxy) is 3. The number of amides is 4. The van der Waals surface area contributed by atoms with Gasteiger partial charge in [-0.2, -0.15) is 0 Å². The molecule has 0 heterocycles. The Labute approximate surface area is 296 Å². The Kier molecular flexibility index (Phi) is 13.8. The predicted molar refractivity (Wildman–Crippen MR) is 192 cm³/mol. The molecule has 14 nitrogen and oxygen atoms in total. The predicted octanol–water partition coefficient (Wildman–Crippen LogP) is 5.51. The summed E-state index contributed by atoms with van der Waals surface area (Å²) in [6, 6.07) is 17.7. The van der Waals surface area contributed by atoms with Gasteiger partial charge in [0.1, 0.15) is 17.2 Å². The van der Waals surface area contributed by atoms with Gasteiger partial charge < -0.3 is 24.8 Å². The zero-order chi connectivity index (χ0) is 37.8. The standard InChI is InChI=1S/C37H45N5O9/c1-36(2,3)50-34(47)41-33(42-35(48)51-37(4,5)6)38-21-13-12-18-28(32(46)49-7)40-31(45)29(43)26-16-10-11-17-27(26)39-30(44)25-20-19-23-14-8-9-15-24(23)22-25/h8-11,14-17,19-20,22,28H,12-13,18,21H2,1-7H3,(H,39,44)(H,40,45)(H2,38,41,42,47,48)/t28-/m0/s1. The Morgan fingerprint density at radius 1 is 0.745 bits per heavy atom. The Morgan fingerprint density at radius 2 is 1.33 bits per heavy atom. The summed E-state index contributed by atoms with van der Waals surface area (Å²) >= 11 is 0. The summed E-state index contributed by atoms with van der Waals surface area (Å²) in [7, 11) is 1.15. The monoisotopic (exact) mass is 703 g/mol. The molecule has 1 atom stereocenters. The highest BCUT2D eigenvalue weighted by atomic mass is 16.6. The van der Waals surface area contributed by atoms with E-state index in [9.17, 15) is 28.8 Å². The molecule has 272 valence electrons. The average molecular weight is 704 g/mol. The van der Waals surface area contributed by atoms with E-state index in [1.165, 1.54) is 12.1 Å². The van der Waals surface area contributed by atoms with Crippen molar-refractivity contribution in [2.45, 2.75) is 78.0 Å². The number of methoxy groups -OCH3 is 1. The minimum atomic E-state index is -1.17. The van der Waals surface area contributed by atoms with Crippen molar-refractivity contribution in [3.63, 3.8) is 0 Å². The molecule has 3 aromatic carbocycles. The van der Waals surface area contributed by atoms with Gasteiger partial charge in [0.2, 0.25) is 5.96 Å². The molecule has 0 bridgehead atoms. The number of fused-ring (bicyclic) bond motifs is 1.